The number of halogens is 1. The number of carboxylic acids is 1. The number of nitrogens with two attached hydrogens (primary N) is 1. The summed E-state index contributed by atoms with van der Waals surface area (Å²) in [6.45, 7) is 2.10. The Morgan fingerprint density at radius 1 is 1.29 bits per heavy atom. The highest BCUT2D eigenvalue weighted by Gasteiger charge is 2.14. The van der Waals surface area contributed by atoms with Crippen LogP contribution in [0.2, 0.25) is 0 Å². The average molecular weight is 289 g/mol. The minimum Gasteiger partial charge on any atom is -0.478 e. The zero-order valence-electron chi connectivity index (χ0n) is 11.6. The van der Waals surface area contributed by atoms with Crippen LogP contribution in [0.5, 0.6) is 11.5 Å². The molecule has 110 valence electrons. The summed E-state index contributed by atoms with van der Waals surface area (Å²) in [5, 5.41) is 8.82. The molecule has 0 heterocycles. The zero-order chi connectivity index (χ0) is 15.4. The molecule has 0 aliphatic carbocycles. The Hall–Kier alpha value is -2.56. The van der Waals surface area contributed by atoms with Crippen molar-refractivity contribution in [3.63, 3.8) is 0 Å². The molecule has 5 heteroatoms. The van der Waals surface area contributed by atoms with Gasteiger partial charge in [0, 0.05) is 6.07 Å². The molecule has 4 nitrogen and oxygen atoms in total. The Kier molecular flexibility index (Phi) is 4.42. The number of rotatable bonds is 5. The van der Waals surface area contributed by atoms with E-state index in [-0.39, 0.29) is 11.4 Å². The fourth-order valence-corrected chi connectivity index (χ4v) is 1.96. The molecule has 3 N–H and O–H groups in total. The molecule has 0 saturated carbocycles. The van der Waals surface area contributed by atoms with E-state index in [1.165, 1.54) is 5.56 Å². The molecule has 0 atom stereocenters. The fraction of sp³-hybridized carbons (Fsp3) is 0.188. The van der Waals surface area contributed by atoms with Crippen molar-refractivity contribution in [1.82, 2.24) is 0 Å². The molecule has 0 fully saturated rings. The molecule has 0 bridgehead atoms. The first kappa shape index (κ1) is 14.8. The summed E-state index contributed by atoms with van der Waals surface area (Å²) < 4.78 is 19.1. The average Bonchev–Trinajstić information content (AvgIpc) is 2.44. The predicted octanol–water partition coefficient (Wildman–Crippen LogP) is 3.85. The van der Waals surface area contributed by atoms with Crippen LogP contribution in [-0.2, 0) is 6.42 Å². The van der Waals surface area contributed by atoms with Crippen LogP contribution in [-0.4, -0.2) is 11.1 Å². The summed E-state index contributed by atoms with van der Waals surface area (Å²) in [7, 11) is 0. The van der Waals surface area contributed by atoms with Gasteiger partial charge in [0.15, 0.2) is 5.75 Å². The number of carbonyl (C=O) groups is 1. The monoisotopic (exact) mass is 289 g/mol. The fourth-order valence-electron chi connectivity index (χ4n) is 1.96. The lowest BCUT2D eigenvalue weighted by molar-refractivity contribution is 0.0692. The second-order valence-electron chi connectivity index (χ2n) is 4.67. The van der Waals surface area contributed by atoms with E-state index in [0.29, 0.717) is 5.75 Å². The van der Waals surface area contributed by atoms with E-state index in [2.05, 4.69) is 6.92 Å². The molecule has 0 aliphatic heterocycles. The second-order valence-corrected chi connectivity index (χ2v) is 4.67. The van der Waals surface area contributed by atoms with Gasteiger partial charge in [-0.05, 0) is 30.2 Å². The third kappa shape index (κ3) is 3.51. The third-order valence-electron chi connectivity index (χ3n) is 3.02. The molecular weight excluding hydrogens is 273 g/mol. The van der Waals surface area contributed by atoms with E-state index in [4.69, 9.17) is 15.6 Å². The second kappa shape index (κ2) is 6.26. The Morgan fingerprint density at radius 3 is 2.52 bits per heavy atom. The number of benzene rings is 2. The molecule has 2 aromatic carbocycles. The molecule has 2 rings (SSSR count). The van der Waals surface area contributed by atoms with Crippen LogP contribution in [0, 0.1) is 5.82 Å². The van der Waals surface area contributed by atoms with Gasteiger partial charge in [-0.25, -0.2) is 9.18 Å². The van der Waals surface area contributed by atoms with E-state index >= 15 is 0 Å². The third-order valence-corrected chi connectivity index (χ3v) is 3.02. The van der Waals surface area contributed by atoms with E-state index in [1.54, 1.807) is 12.1 Å². The first-order valence-electron chi connectivity index (χ1n) is 6.60. The van der Waals surface area contributed by atoms with Gasteiger partial charge in [0.1, 0.15) is 11.6 Å². The number of aromatic carboxylic acids is 1. The zero-order valence-corrected chi connectivity index (χ0v) is 11.6. The summed E-state index contributed by atoms with van der Waals surface area (Å²) in [6, 6.07) is 9.44. The lowest BCUT2D eigenvalue weighted by Gasteiger charge is -2.10. The summed E-state index contributed by atoms with van der Waals surface area (Å²) in [4.78, 5) is 10.8. The van der Waals surface area contributed by atoms with Crippen molar-refractivity contribution in [2.75, 3.05) is 5.73 Å². The number of nitrogen functional groups attached to an aromatic ring is 1. The van der Waals surface area contributed by atoms with Gasteiger partial charge in [0.25, 0.3) is 0 Å². The Morgan fingerprint density at radius 2 is 1.95 bits per heavy atom. The Labute approximate surface area is 122 Å². The molecule has 0 saturated heterocycles. The van der Waals surface area contributed by atoms with Crippen LogP contribution in [0.3, 0.4) is 0 Å². The van der Waals surface area contributed by atoms with Gasteiger partial charge in [0.05, 0.1) is 11.3 Å². The van der Waals surface area contributed by atoms with Crippen LogP contribution < -0.4 is 10.5 Å². The molecule has 2 aromatic rings. The maximum absolute atomic E-state index is 13.6. The standard InChI is InChI=1S/C16H16FNO3/c1-2-3-10-4-6-11(7-5-10)21-15-9-13(17)12(16(19)20)8-14(15)18/h4-9H,2-3,18H2,1H3,(H,19,20). The van der Waals surface area contributed by atoms with Crippen molar-refractivity contribution in [2.45, 2.75) is 19.8 Å². The van der Waals surface area contributed by atoms with Gasteiger partial charge < -0.3 is 15.6 Å². The molecule has 0 unspecified atom stereocenters. The molecular formula is C16H16FNO3. The summed E-state index contributed by atoms with van der Waals surface area (Å²) in [6.07, 6.45) is 2.03. The maximum atomic E-state index is 13.6. The normalized spacial score (nSPS) is 10.4. The Bertz CT molecular complexity index is 653. The SMILES string of the molecule is CCCc1ccc(Oc2cc(F)c(C(=O)O)cc2N)cc1. The number of ether oxygens (including phenoxy) is 1. The number of carboxylic acid groups (broad SMARTS) is 1. The van der Waals surface area contributed by atoms with Gasteiger partial charge in [0.2, 0.25) is 0 Å². The summed E-state index contributed by atoms with van der Waals surface area (Å²) in [5.41, 5.74) is 6.49. The first-order valence-corrected chi connectivity index (χ1v) is 6.60. The van der Waals surface area contributed by atoms with Gasteiger partial charge >= 0.3 is 5.97 Å². The van der Waals surface area contributed by atoms with Gasteiger partial charge in [-0.2, -0.15) is 0 Å². The van der Waals surface area contributed by atoms with E-state index in [1.807, 2.05) is 12.1 Å². The predicted molar refractivity (Wildman–Crippen MR) is 78.3 cm³/mol. The minimum atomic E-state index is -1.37. The first-order chi connectivity index (χ1) is 10.0. The molecule has 0 aliphatic rings. The number of anilines is 1. The highest BCUT2D eigenvalue weighted by Crippen LogP contribution is 2.30. The van der Waals surface area contributed by atoms with Gasteiger partial charge in [-0.1, -0.05) is 25.5 Å². The van der Waals surface area contributed by atoms with Crippen LogP contribution >= 0.6 is 0 Å². The molecule has 0 aromatic heterocycles. The lowest BCUT2D eigenvalue weighted by atomic mass is 10.1. The number of hydrogen-bond donors (Lipinski definition) is 2. The molecule has 21 heavy (non-hydrogen) atoms. The van der Waals surface area contributed by atoms with Crippen LogP contribution in [0.15, 0.2) is 36.4 Å². The highest BCUT2D eigenvalue weighted by molar-refractivity contribution is 5.89. The maximum Gasteiger partial charge on any atom is 0.338 e. The largest absolute Gasteiger partial charge is 0.478 e. The van der Waals surface area contributed by atoms with Crippen molar-refractivity contribution in [2.24, 2.45) is 0 Å². The quantitative estimate of drug-likeness (QED) is 0.820. The molecule has 0 amide bonds. The highest BCUT2D eigenvalue weighted by atomic mass is 19.1. The Balaban J connectivity index is 2.23. The van der Waals surface area contributed by atoms with Crippen LogP contribution in [0.4, 0.5) is 10.1 Å². The van der Waals surface area contributed by atoms with Crippen molar-refractivity contribution >= 4 is 11.7 Å². The number of hydrogen-bond acceptors (Lipinski definition) is 3. The minimum absolute atomic E-state index is 0.0754. The van der Waals surface area contributed by atoms with E-state index < -0.39 is 17.3 Å². The van der Waals surface area contributed by atoms with Crippen molar-refractivity contribution in [1.29, 1.82) is 0 Å². The van der Waals surface area contributed by atoms with Crippen molar-refractivity contribution in [3.05, 3.63) is 53.3 Å². The number of aryl methyl sites for hydroxylation is 1. The van der Waals surface area contributed by atoms with Crippen molar-refractivity contribution in [3.8, 4) is 11.5 Å². The molecule has 0 spiro atoms. The van der Waals surface area contributed by atoms with Crippen LogP contribution in [0.25, 0.3) is 0 Å². The lowest BCUT2D eigenvalue weighted by Crippen LogP contribution is -2.03. The smallest absolute Gasteiger partial charge is 0.338 e. The summed E-state index contributed by atoms with van der Waals surface area (Å²) >= 11 is 0. The van der Waals surface area contributed by atoms with Crippen LogP contribution in [0.1, 0.15) is 29.3 Å². The topological polar surface area (TPSA) is 72.5 Å². The summed E-state index contributed by atoms with van der Waals surface area (Å²) in [5.74, 6) is -1.63. The van der Waals surface area contributed by atoms with E-state index in [9.17, 15) is 9.18 Å². The van der Waals surface area contributed by atoms with E-state index in [0.717, 1.165) is 25.0 Å². The van der Waals surface area contributed by atoms with Crippen molar-refractivity contribution < 1.29 is 19.0 Å². The van der Waals surface area contributed by atoms with Gasteiger partial charge in [-0.15, -0.1) is 0 Å². The molecule has 0 radical (unpaired) electrons. The van der Waals surface area contributed by atoms with Gasteiger partial charge in [-0.3, -0.25) is 0 Å².